The first kappa shape index (κ1) is 26.3. The fourth-order valence-electron chi connectivity index (χ4n) is 3.67. The highest BCUT2D eigenvalue weighted by Gasteiger charge is 2.24. The van der Waals surface area contributed by atoms with Gasteiger partial charge in [0.2, 0.25) is 9.84 Å². The minimum atomic E-state index is -4.72. The average Bonchev–Trinajstić information content (AvgIpc) is 2.86. The van der Waals surface area contributed by atoms with Crippen molar-refractivity contribution < 1.29 is 35.3 Å². The lowest BCUT2D eigenvalue weighted by atomic mass is 10.0. The normalized spacial score (nSPS) is 11.8. The molecule has 0 fully saturated rings. The summed E-state index contributed by atoms with van der Waals surface area (Å²) >= 11 is 0. The third-order valence-corrected chi connectivity index (χ3v) is 8.10. The van der Waals surface area contributed by atoms with Crippen molar-refractivity contribution in [3.63, 3.8) is 0 Å². The van der Waals surface area contributed by atoms with Gasteiger partial charge in [0.25, 0.3) is 10.1 Å². The van der Waals surface area contributed by atoms with E-state index in [1.54, 1.807) is 25.1 Å². The molecule has 0 amide bonds. The van der Waals surface area contributed by atoms with Crippen LogP contribution in [0.3, 0.4) is 0 Å². The van der Waals surface area contributed by atoms with E-state index in [9.17, 15) is 25.8 Å². The first-order valence-corrected chi connectivity index (χ1v) is 14.1. The van der Waals surface area contributed by atoms with E-state index < -0.39 is 24.9 Å². The van der Waals surface area contributed by atoms with Crippen LogP contribution in [0.4, 0.5) is 4.39 Å². The molecule has 0 aliphatic heterocycles. The largest absolute Gasteiger partial charge is 0.492 e. The molecule has 0 saturated carbocycles. The molecule has 0 saturated heterocycles. The Morgan fingerprint density at radius 1 is 0.784 bits per heavy atom. The molecule has 4 aromatic carbocycles. The number of ether oxygens (including phenoxy) is 2. The quantitative estimate of drug-likeness (QED) is 0.269. The number of benzene rings is 4. The minimum absolute atomic E-state index is 0.104. The zero-order valence-corrected chi connectivity index (χ0v) is 21.5. The van der Waals surface area contributed by atoms with Gasteiger partial charge in [-0.25, -0.2) is 12.8 Å². The van der Waals surface area contributed by atoms with Crippen molar-refractivity contribution >= 4 is 20.0 Å². The second-order valence-corrected chi connectivity index (χ2v) is 11.4. The first-order chi connectivity index (χ1) is 17.5. The summed E-state index contributed by atoms with van der Waals surface area (Å²) in [4.78, 5) is -1.06. The summed E-state index contributed by atoms with van der Waals surface area (Å²) in [6, 6.07) is 20.4. The predicted octanol–water partition coefficient (Wildman–Crippen LogP) is 6.07. The van der Waals surface area contributed by atoms with Crippen LogP contribution < -0.4 is 9.47 Å². The van der Waals surface area contributed by atoms with Gasteiger partial charge in [0.05, 0.1) is 16.4 Å². The van der Waals surface area contributed by atoms with Crippen LogP contribution in [0.1, 0.15) is 12.5 Å². The molecule has 0 aliphatic rings. The van der Waals surface area contributed by atoms with Gasteiger partial charge in [-0.15, -0.1) is 0 Å². The Labute approximate surface area is 214 Å². The molecule has 10 heteroatoms. The average molecular weight is 543 g/mol. The van der Waals surface area contributed by atoms with Gasteiger partial charge in [0.1, 0.15) is 28.0 Å². The molecule has 4 rings (SSSR count). The SMILES string of the molecule is CCOc1ccc(S(=O)(=O)c2ccc(Oc3ccc(C)cc3-c3ccc(F)cc3)cc2)cc1S(=O)(=O)O. The molecular weight excluding hydrogens is 519 g/mol. The second-order valence-electron chi connectivity index (χ2n) is 8.10. The molecular formula is C27H23FO7S2. The highest BCUT2D eigenvalue weighted by molar-refractivity contribution is 7.91. The lowest BCUT2D eigenvalue weighted by Crippen LogP contribution is -2.07. The highest BCUT2D eigenvalue weighted by Crippen LogP contribution is 2.35. The van der Waals surface area contributed by atoms with Crippen molar-refractivity contribution in [2.24, 2.45) is 0 Å². The van der Waals surface area contributed by atoms with Gasteiger partial charge >= 0.3 is 0 Å². The summed E-state index contributed by atoms with van der Waals surface area (Å²) in [5.74, 6) is 0.350. The Morgan fingerprint density at radius 2 is 1.41 bits per heavy atom. The van der Waals surface area contributed by atoms with Crippen LogP contribution in [-0.4, -0.2) is 28.0 Å². The lowest BCUT2D eigenvalue weighted by molar-refractivity contribution is 0.329. The first-order valence-electron chi connectivity index (χ1n) is 11.1. The van der Waals surface area contributed by atoms with Gasteiger partial charge in [0.15, 0.2) is 0 Å². The summed E-state index contributed by atoms with van der Waals surface area (Å²) in [5, 5.41) is 0. The maximum absolute atomic E-state index is 13.4. The Kier molecular flexibility index (Phi) is 7.35. The molecule has 192 valence electrons. The number of hydrogen-bond donors (Lipinski definition) is 1. The van der Waals surface area contributed by atoms with Crippen LogP contribution in [0.15, 0.2) is 99.6 Å². The standard InChI is InChI=1S/C27H23FO7S2/c1-3-34-26-15-13-23(17-27(26)37(31,32)33)36(29,30)22-11-9-21(10-12-22)35-25-14-4-18(2)16-24(25)19-5-7-20(28)8-6-19/h4-17H,3H2,1-2H3,(H,31,32,33). The molecule has 37 heavy (non-hydrogen) atoms. The van der Waals surface area contributed by atoms with E-state index in [1.807, 2.05) is 19.1 Å². The Balaban J connectivity index is 1.65. The highest BCUT2D eigenvalue weighted by atomic mass is 32.2. The van der Waals surface area contributed by atoms with Gasteiger partial charge in [-0.3, -0.25) is 4.55 Å². The van der Waals surface area contributed by atoms with Crippen LogP contribution in [0, 0.1) is 12.7 Å². The monoisotopic (exact) mass is 542 g/mol. The molecule has 0 spiro atoms. The van der Waals surface area contributed by atoms with Crippen LogP contribution in [0.25, 0.3) is 11.1 Å². The van der Waals surface area contributed by atoms with Gasteiger partial charge < -0.3 is 9.47 Å². The molecule has 0 bridgehead atoms. The van der Waals surface area contributed by atoms with Gasteiger partial charge in [-0.05, 0) is 86.1 Å². The predicted molar refractivity (Wildman–Crippen MR) is 136 cm³/mol. The Hall–Kier alpha value is -3.73. The molecule has 0 aromatic heterocycles. The minimum Gasteiger partial charge on any atom is -0.492 e. The maximum Gasteiger partial charge on any atom is 0.298 e. The molecule has 0 unspecified atom stereocenters. The third kappa shape index (κ3) is 5.82. The summed E-state index contributed by atoms with van der Waals surface area (Å²) in [7, 11) is -8.85. The summed E-state index contributed by atoms with van der Waals surface area (Å²) < 4.78 is 84.0. The van der Waals surface area contributed by atoms with E-state index in [0.717, 1.165) is 22.8 Å². The number of aryl methyl sites for hydroxylation is 1. The number of rotatable bonds is 8. The summed E-state index contributed by atoms with van der Waals surface area (Å²) in [6.45, 7) is 3.67. The second kappa shape index (κ2) is 10.3. The van der Waals surface area contributed by atoms with Crippen molar-refractivity contribution in [1.82, 2.24) is 0 Å². The molecule has 0 atom stereocenters. The molecule has 4 aromatic rings. The molecule has 0 aliphatic carbocycles. The van der Waals surface area contributed by atoms with E-state index in [4.69, 9.17) is 9.47 Å². The third-order valence-electron chi connectivity index (χ3n) is 5.46. The smallest absolute Gasteiger partial charge is 0.298 e. The maximum atomic E-state index is 13.4. The van der Waals surface area contributed by atoms with Gasteiger partial charge in [-0.2, -0.15) is 8.42 Å². The van der Waals surface area contributed by atoms with Crippen molar-refractivity contribution in [3.05, 3.63) is 96.3 Å². The summed E-state index contributed by atoms with van der Waals surface area (Å²) in [5.41, 5.74) is 2.47. The van der Waals surface area contributed by atoms with Gasteiger partial charge in [-0.1, -0.05) is 23.8 Å². The van der Waals surface area contributed by atoms with E-state index in [-0.39, 0.29) is 28.0 Å². The molecule has 0 heterocycles. The van der Waals surface area contributed by atoms with Crippen LogP contribution in [-0.2, 0) is 20.0 Å². The lowest BCUT2D eigenvalue weighted by Gasteiger charge is -2.13. The van der Waals surface area contributed by atoms with E-state index in [2.05, 4.69) is 0 Å². The van der Waals surface area contributed by atoms with Crippen molar-refractivity contribution in [2.45, 2.75) is 28.5 Å². The Morgan fingerprint density at radius 3 is 2.03 bits per heavy atom. The Bertz CT molecular complexity index is 1650. The van der Waals surface area contributed by atoms with Crippen molar-refractivity contribution in [1.29, 1.82) is 0 Å². The number of halogens is 1. The van der Waals surface area contributed by atoms with Crippen LogP contribution in [0.5, 0.6) is 17.2 Å². The fraction of sp³-hybridized carbons (Fsp3) is 0.111. The molecule has 1 N–H and O–H groups in total. The fourth-order valence-corrected chi connectivity index (χ4v) is 5.69. The zero-order valence-electron chi connectivity index (χ0n) is 19.9. The zero-order chi connectivity index (χ0) is 26.8. The van der Waals surface area contributed by atoms with Crippen molar-refractivity contribution in [2.75, 3.05) is 6.61 Å². The van der Waals surface area contributed by atoms with Crippen LogP contribution >= 0.6 is 0 Å². The summed E-state index contributed by atoms with van der Waals surface area (Å²) in [6.07, 6.45) is 0. The topological polar surface area (TPSA) is 107 Å². The molecule has 0 radical (unpaired) electrons. The molecule has 7 nitrogen and oxygen atoms in total. The number of hydrogen-bond acceptors (Lipinski definition) is 6. The van der Waals surface area contributed by atoms with E-state index in [1.165, 1.54) is 48.5 Å². The van der Waals surface area contributed by atoms with Crippen molar-refractivity contribution in [3.8, 4) is 28.4 Å². The number of sulfone groups is 1. The van der Waals surface area contributed by atoms with E-state index >= 15 is 0 Å². The van der Waals surface area contributed by atoms with Crippen LogP contribution in [0.2, 0.25) is 0 Å². The van der Waals surface area contributed by atoms with Gasteiger partial charge in [0, 0.05) is 5.56 Å². The van der Waals surface area contributed by atoms with E-state index in [0.29, 0.717) is 11.5 Å².